The minimum absolute atomic E-state index is 0.0464. The molecule has 0 aliphatic carbocycles. The quantitative estimate of drug-likeness (QED) is 0.640. The van der Waals surface area contributed by atoms with Crippen LogP contribution in [0, 0.1) is 17.3 Å². The second kappa shape index (κ2) is 8.98. The van der Waals surface area contributed by atoms with E-state index in [1.54, 1.807) is 6.92 Å². The van der Waals surface area contributed by atoms with Crippen molar-refractivity contribution in [1.82, 2.24) is 0 Å². The van der Waals surface area contributed by atoms with E-state index in [0.717, 1.165) is 12.8 Å². The largest absolute Gasteiger partial charge is 0.465 e. The Kier molecular flexibility index (Phi) is 8.51. The SMILES string of the molecule is CCCOC(=O)C(C)C(CC(C)(C)C)C(=O)OCCC. The molecular weight excluding hydrogens is 256 g/mol. The van der Waals surface area contributed by atoms with Crippen molar-refractivity contribution in [1.29, 1.82) is 0 Å². The summed E-state index contributed by atoms with van der Waals surface area (Å²) in [6.45, 7) is 12.6. The fourth-order valence-electron chi connectivity index (χ4n) is 1.93. The molecule has 0 spiro atoms. The Morgan fingerprint density at radius 1 is 0.950 bits per heavy atom. The highest BCUT2D eigenvalue weighted by molar-refractivity contribution is 5.81. The van der Waals surface area contributed by atoms with E-state index in [-0.39, 0.29) is 17.4 Å². The lowest BCUT2D eigenvalue weighted by Gasteiger charge is -2.28. The molecule has 0 aromatic carbocycles. The number of carbonyl (C=O) groups is 2. The first-order valence-corrected chi connectivity index (χ1v) is 7.56. The topological polar surface area (TPSA) is 52.6 Å². The second-order valence-corrected chi connectivity index (χ2v) is 6.49. The molecule has 0 aliphatic rings. The first-order valence-electron chi connectivity index (χ1n) is 7.56. The highest BCUT2D eigenvalue weighted by atomic mass is 16.5. The lowest BCUT2D eigenvalue weighted by molar-refractivity contribution is -0.161. The Morgan fingerprint density at radius 2 is 1.40 bits per heavy atom. The zero-order valence-corrected chi connectivity index (χ0v) is 13.8. The molecule has 2 atom stereocenters. The number of ether oxygens (including phenoxy) is 2. The smallest absolute Gasteiger partial charge is 0.309 e. The molecule has 4 heteroatoms. The summed E-state index contributed by atoms with van der Waals surface area (Å²) in [5.74, 6) is -1.51. The van der Waals surface area contributed by atoms with Gasteiger partial charge in [-0.3, -0.25) is 9.59 Å². The maximum Gasteiger partial charge on any atom is 0.309 e. The summed E-state index contributed by atoms with van der Waals surface area (Å²) >= 11 is 0. The van der Waals surface area contributed by atoms with Crippen LogP contribution in [0.3, 0.4) is 0 Å². The maximum atomic E-state index is 12.2. The van der Waals surface area contributed by atoms with Gasteiger partial charge < -0.3 is 9.47 Å². The van der Waals surface area contributed by atoms with Crippen LogP contribution in [0.15, 0.2) is 0 Å². The fraction of sp³-hybridized carbons (Fsp3) is 0.875. The van der Waals surface area contributed by atoms with E-state index in [1.165, 1.54) is 0 Å². The maximum absolute atomic E-state index is 12.2. The number of hydrogen-bond donors (Lipinski definition) is 0. The van der Waals surface area contributed by atoms with E-state index in [2.05, 4.69) is 20.8 Å². The van der Waals surface area contributed by atoms with Crippen molar-refractivity contribution in [3.63, 3.8) is 0 Å². The van der Waals surface area contributed by atoms with Gasteiger partial charge in [-0.25, -0.2) is 0 Å². The summed E-state index contributed by atoms with van der Waals surface area (Å²) in [6, 6.07) is 0. The number of esters is 2. The third kappa shape index (κ3) is 7.51. The molecule has 0 fully saturated rings. The number of rotatable bonds is 8. The Balaban J connectivity index is 4.81. The Hall–Kier alpha value is -1.06. The molecule has 0 amide bonds. The van der Waals surface area contributed by atoms with Gasteiger partial charge in [0.25, 0.3) is 0 Å². The molecule has 0 radical (unpaired) electrons. The van der Waals surface area contributed by atoms with Gasteiger partial charge >= 0.3 is 11.9 Å². The number of hydrogen-bond acceptors (Lipinski definition) is 4. The first kappa shape index (κ1) is 18.9. The highest BCUT2D eigenvalue weighted by Gasteiger charge is 2.35. The molecule has 0 heterocycles. The fourth-order valence-corrected chi connectivity index (χ4v) is 1.93. The molecule has 0 rings (SSSR count). The summed E-state index contributed by atoms with van der Waals surface area (Å²) in [6.07, 6.45) is 2.17. The second-order valence-electron chi connectivity index (χ2n) is 6.49. The van der Waals surface area contributed by atoms with Crippen LogP contribution >= 0.6 is 0 Å². The van der Waals surface area contributed by atoms with Crippen molar-refractivity contribution in [3.8, 4) is 0 Å². The molecule has 20 heavy (non-hydrogen) atoms. The van der Waals surface area contributed by atoms with Gasteiger partial charge in [-0.05, 0) is 24.7 Å². The van der Waals surface area contributed by atoms with E-state index in [0.29, 0.717) is 19.6 Å². The van der Waals surface area contributed by atoms with Gasteiger partial charge in [0.05, 0.1) is 25.0 Å². The summed E-state index contributed by atoms with van der Waals surface area (Å²) in [5, 5.41) is 0. The molecule has 0 aromatic heterocycles. The molecule has 0 N–H and O–H groups in total. The minimum atomic E-state index is -0.467. The van der Waals surface area contributed by atoms with Crippen LogP contribution < -0.4 is 0 Å². The lowest BCUT2D eigenvalue weighted by Crippen LogP contribution is -2.34. The first-order chi connectivity index (χ1) is 9.22. The van der Waals surface area contributed by atoms with Crippen molar-refractivity contribution >= 4 is 11.9 Å². The van der Waals surface area contributed by atoms with Crippen molar-refractivity contribution in [3.05, 3.63) is 0 Å². The minimum Gasteiger partial charge on any atom is -0.465 e. The Morgan fingerprint density at radius 3 is 1.80 bits per heavy atom. The molecular formula is C16H30O4. The average Bonchev–Trinajstić information content (AvgIpc) is 2.37. The van der Waals surface area contributed by atoms with Crippen molar-refractivity contribution in [2.75, 3.05) is 13.2 Å². The van der Waals surface area contributed by atoms with Crippen LogP contribution in [0.1, 0.15) is 60.8 Å². The summed E-state index contributed by atoms with van der Waals surface area (Å²) < 4.78 is 10.4. The molecule has 4 nitrogen and oxygen atoms in total. The third-order valence-electron chi connectivity index (χ3n) is 3.01. The normalized spacial score (nSPS) is 14.5. The molecule has 0 aromatic rings. The van der Waals surface area contributed by atoms with Gasteiger partial charge in [0, 0.05) is 0 Å². The predicted octanol–water partition coefficient (Wildman–Crippen LogP) is 3.58. The van der Waals surface area contributed by atoms with Crippen LogP contribution in [-0.4, -0.2) is 25.2 Å². The van der Waals surface area contributed by atoms with Crippen LogP contribution in [0.25, 0.3) is 0 Å². The summed E-state index contributed by atoms with van der Waals surface area (Å²) in [4.78, 5) is 24.1. The Labute approximate surface area is 123 Å². The standard InChI is InChI=1S/C16H30O4/c1-7-9-19-14(17)12(3)13(11-16(4,5)6)15(18)20-10-8-2/h12-13H,7-11H2,1-6H3. The van der Waals surface area contributed by atoms with Gasteiger partial charge in [-0.2, -0.15) is 0 Å². The van der Waals surface area contributed by atoms with E-state index < -0.39 is 11.8 Å². The van der Waals surface area contributed by atoms with Crippen molar-refractivity contribution < 1.29 is 19.1 Å². The summed E-state index contributed by atoms with van der Waals surface area (Å²) in [5.41, 5.74) is -0.0464. The predicted molar refractivity (Wildman–Crippen MR) is 79.2 cm³/mol. The zero-order valence-electron chi connectivity index (χ0n) is 13.8. The van der Waals surface area contributed by atoms with E-state index in [4.69, 9.17) is 9.47 Å². The van der Waals surface area contributed by atoms with Gasteiger partial charge in [0.1, 0.15) is 0 Å². The zero-order chi connectivity index (χ0) is 15.8. The molecule has 0 saturated carbocycles. The van der Waals surface area contributed by atoms with Gasteiger partial charge in [-0.1, -0.05) is 41.5 Å². The third-order valence-corrected chi connectivity index (χ3v) is 3.01. The lowest BCUT2D eigenvalue weighted by atomic mass is 9.79. The van der Waals surface area contributed by atoms with Crippen LogP contribution in [0.2, 0.25) is 0 Å². The monoisotopic (exact) mass is 286 g/mol. The van der Waals surface area contributed by atoms with Crippen LogP contribution in [0.4, 0.5) is 0 Å². The summed E-state index contributed by atoms with van der Waals surface area (Å²) in [7, 11) is 0. The van der Waals surface area contributed by atoms with Crippen LogP contribution in [-0.2, 0) is 19.1 Å². The molecule has 118 valence electrons. The average molecular weight is 286 g/mol. The molecule has 0 bridgehead atoms. The van der Waals surface area contributed by atoms with E-state index >= 15 is 0 Å². The molecule has 0 saturated heterocycles. The van der Waals surface area contributed by atoms with Gasteiger partial charge in [0.15, 0.2) is 0 Å². The molecule has 0 aliphatic heterocycles. The van der Waals surface area contributed by atoms with E-state index in [9.17, 15) is 9.59 Å². The molecule has 2 unspecified atom stereocenters. The van der Waals surface area contributed by atoms with E-state index in [1.807, 2.05) is 13.8 Å². The van der Waals surface area contributed by atoms with Crippen LogP contribution in [0.5, 0.6) is 0 Å². The highest BCUT2D eigenvalue weighted by Crippen LogP contribution is 2.30. The van der Waals surface area contributed by atoms with Crippen molar-refractivity contribution in [2.45, 2.75) is 60.8 Å². The van der Waals surface area contributed by atoms with Gasteiger partial charge in [-0.15, -0.1) is 0 Å². The Bertz CT molecular complexity index is 304. The van der Waals surface area contributed by atoms with Gasteiger partial charge in [0.2, 0.25) is 0 Å². The van der Waals surface area contributed by atoms with Crippen molar-refractivity contribution in [2.24, 2.45) is 17.3 Å². The number of carbonyl (C=O) groups excluding carboxylic acids is 2.